The summed E-state index contributed by atoms with van der Waals surface area (Å²) >= 11 is 0. The number of fused-ring (bicyclic) bond motifs is 1. The Morgan fingerprint density at radius 3 is 2.08 bits per heavy atom. The lowest BCUT2D eigenvalue weighted by Crippen LogP contribution is -2.39. The predicted octanol–water partition coefficient (Wildman–Crippen LogP) is 4.97. The molecule has 1 saturated carbocycles. The van der Waals surface area contributed by atoms with Gasteiger partial charge in [0.15, 0.2) is 0 Å². The van der Waals surface area contributed by atoms with Gasteiger partial charge in [0.25, 0.3) is 0 Å². The van der Waals surface area contributed by atoms with Crippen LogP contribution in [0.1, 0.15) is 31.2 Å². The van der Waals surface area contributed by atoms with Gasteiger partial charge in [0, 0.05) is 12.8 Å². The van der Waals surface area contributed by atoms with Gasteiger partial charge in [-0.05, 0) is 46.4 Å². The molecule has 3 aromatic carbocycles. The Kier molecular flexibility index (Phi) is 4.08. The van der Waals surface area contributed by atoms with E-state index in [1.165, 1.54) is 10.8 Å². The number of hydrogen-bond acceptors (Lipinski definition) is 2. The summed E-state index contributed by atoms with van der Waals surface area (Å²) in [5, 5.41) is 12.2. The number of carboxylic acids is 1. The number of carbonyl (C=O) groups is 2. The predicted molar refractivity (Wildman–Crippen MR) is 102 cm³/mol. The molecule has 0 saturated heterocycles. The average Bonchev–Trinajstić information content (AvgIpc) is 2.68. The average molecular weight is 344 g/mol. The molecule has 26 heavy (non-hydrogen) atoms. The highest BCUT2D eigenvalue weighted by Crippen LogP contribution is 2.39. The molecule has 0 atom stereocenters. The third-order valence-electron chi connectivity index (χ3n) is 5.59. The lowest BCUT2D eigenvalue weighted by atomic mass is 9.69. The van der Waals surface area contributed by atoms with Crippen LogP contribution in [0.25, 0.3) is 21.9 Å². The maximum absolute atomic E-state index is 12.0. The first kappa shape index (κ1) is 16.5. The minimum atomic E-state index is -0.935. The minimum Gasteiger partial charge on any atom is -0.481 e. The number of carboxylic acid groups (broad SMARTS) is 1. The zero-order valence-corrected chi connectivity index (χ0v) is 14.4. The fourth-order valence-electron chi connectivity index (χ4n) is 3.93. The van der Waals surface area contributed by atoms with Crippen LogP contribution in [0.3, 0.4) is 0 Å². The summed E-state index contributed by atoms with van der Waals surface area (Å²) in [6, 6.07) is 22.4. The quantitative estimate of drug-likeness (QED) is 0.729. The molecule has 1 aliphatic carbocycles. The van der Waals surface area contributed by atoms with Crippen LogP contribution in [-0.2, 0) is 15.0 Å². The van der Waals surface area contributed by atoms with Crippen LogP contribution in [0.15, 0.2) is 66.7 Å². The molecule has 3 heteroatoms. The van der Waals surface area contributed by atoms with Crippen molar-refractivity contribution in [3.8, 4) is 11.1 Å². The van der Waals surface area contributed by atoms with E-state index in [4.69, 9.17) is 0 Å². The van der Waals surface area contributed by atoms with Crippen LogP contribution in [-0.4, -0.2) is 16.9 Å². The first-order valence-corrected chi connectivity index (χ1v) is 8.93. The van der Waals surface area contributed by atoms with Crippen LogP contribution < -0.4 is 0 Å². The first-order valence-electron chi connectivity index (χ1n) is 8.93. The summed E-state index contributed by atoms with van der Waals surface area (Å²) in [6.45, 7) is 0. The summed E-state index contributed by atoms with van der Waals surface area (Å²) in [5.74, 6) is -0.668. The van der Waals surface area contributed by atoms with Crippen molar-refractivity contribution in [3.05, 3.63) is 72.3 Å². The van der Waals surface area contributed by atoms with E-state index < -0.39 is 11.4 Å². The summed E-state index contributed by atoms with van der Waals surface area (Å²) in [6.07, 6.45) is 1.46. The Labute approximate surface area is 152 Å². The van der Waals surface area contributed by atoms with Crippen LogP contribution in [0.2, 0.25) is 0 Å². The molecule has 0 aromatic heterocycles. The molecule has 0 radical (unpaired) electrons. The number of carbonyl (C=O) groups excluding carboxylic acids is 1. The number of aliphatic carboxylic acids is 1. The zero-order chi connectivity index (χ0) is 18.1. The van der Waals surface area contributed by atoms with E-state index in [1.54, 1.807) is 0 Å². The van der Waals surface area contributed by atoms with Gasteiger partial charge in [0.1, 0.15) is 5.78 Å². The van der Waals surface area contributed by atoms with Gasteiger partial charge in [0.2, 0.25) is 0 Å². The van der Waals surface area contributed by atoms with Crippen molar-refractivity contribution >= 4 is 22.5 Å². The van der Waals surface area contributed by atoms with Crippen LogP contribution >= 0.6 is 0 Å². The van der Waals surface area contributed by atoms with Gasteiger partial charge in [-0.1, -0.05) is 60.7 Å². The molecule has 3 nitrogen and oxygen atoms in total. The Hall–Kier alpha value is -2.94. The molecule has 1 aliphatic rings. The fourth-order valence-corrected chi connectivity index (χ4v) is 3.93. The van der Waals surface area contributed by atoms with Gasteiger partial charge in [-0.2, -0.15) is 0 Å². The van der Waals surface area contributed by atoms with Crippen molar-refractivity contribution in [2.24, 2.45) is 0 Å². The van der Waals surface area contributed by atoms with E-state index in [-0.39, 0.29) is 5.78 Å². The number of Topliss-reactive ketones (excluding diaryl/α,β-unsaturated/α-hetero) is 1. The van der Waals surface area contributed by atoms with E-state index in [9.17, 15) is 14.7 Å². The van der Waals surface area contributed by atoms with Crippen LogP contribution in [0, 0.1) is 0 Å². The summed E-state index contributed by atoms with van der Waals surface area (Å²) < 4.78 is 0. The van der Waals surface area contributed by atoms with Crippen molar-refractivity contribution < 1.29 is 14.7 Å². The molecule has 3 aromatic rings. The zero-order valence-electron chi connectivity index (χ0n) is 14.4. The highest BCUT2D eigenvalue weighted by molar-refractivity contribution is 5.89. The maximum atomic E-state index is 12.0. The monoisotopic (exact) mass is 344 g/mol. The molecule has 0 amide bonds. The Balaban J connectivity index is 1.69. The molecule has 0 unspecified atom stereocenters. The molecule has 1 N–H and O–H groups in total. The van der Waals surface area contributed by atoms with E-state index in [0.717, 1.165) is 16.7 Å². The van der Waals surface area contributed by atoms with E-state index >= 15 is 0 Å². The number of hydrogen-bond donors (Lipinski definition) is 1. The van der Waals surface area contributed by atoms with E-state index in [1.807, 2.05) is 36.4 Å². The third-order valence-corrected chi connectivity index (χ3v) is 5.59. The van der Waals surface area contributed by atoms with Gasteiger partial charge < -0.3 is 5.11 Å². The van der Waals surface area contributed by atoms with Gasteiger partial charge >= 0.3 is 5.97 Å². The Morgan fingerprint density at radius 1 is 0.808 bits per heavy atom. The van der Waals surface area contributed by atoms with E-state index in [2.05, 4.69) is 30.3 Å². The molecule has 0 heterocycles. The van der Waals surface area contributed by atoms with Crippen LogP contribution in [0.4, 0.5) is 0 Å². The summed E-state index contributed by atoms with van der Waals surface area (Å²) in [4.78, 5) is 23.5. The van der Waals surface area contributed by atoms with Crippen molar-refractivity contribution in [1.82, 2.24) is 0 Å². The Bertz CT molecular complexity index is 976. The minimum absolute atomic E-state index is 0.162. The topological polar surface area (TPSA) is 54.4 Å². The molecular weight excluding hydrogens is 324 g/mol. The smallest absolute Gasteiger partial charge is 0.314 e. The maximum Gasteiger partial charge on any atom is 0.314 e. The highest BCUT2D eigenvalue weighted by atomic mass is 16.4. The molecule has 1 fully saturated rings. The van der Waals surface area contributed by atoms with Crippen molar-refractivity contribution in [1.29, 1.82) is 0 Å². The van der Waals surface area contributed by atoms with Gasteiger partial charge in [-0.15, -0.1) is 0 Å². The molecule has 0 aliphatic heterocycles. The molecule has 4 rings (SSSR count). The summed E-state index contributed by atoms with van der Waals surface area (Å²) in [5.41, 5.74) is 2.03. The van der Waals surface area contributed by atoms with Gasteiger partial charge in [0.05, 0.1) is 5.41 Å². The van der Waals surface area contributed by atoms with Gasteiger partial charge in [-0.3, -0.25) is 9.59 Å². The SMILES string of the molecule is O=C1CCC(C(=O)O)(c2ccc(-c3ccc4ccccc4c3)cc2)CC1. The second-order valence-electron chi connectivity index (χ2n) is 7.07. The van der Waals surface area contributed by atoms with Crippen molar-refractivity contribution in [2.45, 2.75) is 31.1 Å². The number of benzene rings is 3. The number of rotatable bonds is 3. The number of ketones is 1. The normalized spacial score (nSPS) is 16.5. The fraction of sp³-hybridized carbons (Fsp3) is 0.217. The van der Waals surface area contributed by atoms with Crippen molar-refractivity contribution in [2.75, 3.05) is 0 Å². The molecular formula is C23H20O3. The van der Waals surface area contributed by atoms with Gasteiger partial charge in [-0.25, -0.2) is 0 Å². The van der Waals surface area contributed by atoms with E-state index in [0.29, 0.717) is 25.7 Å². The molecule has 0 spiro atoms. The van der Waals surface area contributed by atoms with Crippen molar-refractivity contribution in [3.63, 3.8) is 0 Å². The second kappa shape index (κ2) is 6.41. The summed E-state index contributed by atoms with van der Waals surface area (Å²) in [7, 11) is 0. The molecule has 0 bridgehead atoms. The second-order valence-corrected chi connectivity index (χ2v) is 7.07. The standard InChI is InChI=1S/C23H20O3/c24-21-11-13-23(14-12-21,22(25)26)20-9-7-17(8-10-20)19-6-5-16-3-1-2-4-18(16)15-19/h1-10,15H,11-14H2,(H,25,26). The highest BCUT2D eigenvalue weighted by Gasteiger charge is 2.43. The molecule has 130 valence electrons. The lowest BCUT2D eigenvalue weighted by Gasteiger charge is -2.33. The largest absolute Gasteiger partial charge is 0.481 e. The van der Waals surface area contributed by atoms with Crippen LogP contribution in [0.5, 0.6) is 0 Å². The lowest BCUT2D eigenvalue weighted by molar-refractivity contribution is -0.146. The third kappa shape index (κ3) is 2.80. The Morgan fingerprint density at radius 2 is 1.42 bits per heavy atom. The first-order chi connectivity index (χ1) is 12.6.